The lowest BCUT2D eigenvalue weighted by molar-refractivity contribution is -0.135. The van der Waals surface area contributed by atoms with Gasteiger partial charge < -0.3 is 15.5 Å². The fourth-order valence-electron chi connectivity index (χ4n) is 1.14. The van der Waals surface area contributed by atoms with Crippen LogP contribution < -0.4 is 5.32 Å². The summed E-state index contributed by atoms with van der Waals surface area (Å²) in [5.41, 5.74) is 0. The topological polar surface area (TPSA) is 69.6 Å². The highest BCUT2D eigenvalue weighted by molar-refractivity contribution is 5.81. The zero-order valence-corrected chi connectivity index (χ0v) is 7.86. The molecule has 0 spiro atoms. The summed E-state index contributed by atoms with van der Waals surface area (Å²) in [6, 6.07) is 0.232. The normalized spacial score (nSPS) is 20.8. The number of hydrogen-bond donors (Lipinski definition) is 3. The summed E-state index contributed by atoms with van der Waals surface area (Å²) in [6.07, 6.45) is 1.00. The van der Waals surface area contributed by atoms with Crippen molar-refractivity contribution in [3.05, 3.63) is 0 Å². The lowest BCUT2D eigenvalue weighted by atomic mass is 10.1. The van der Waals surface area contributed by atoms with Crippen LogP contribution in [0.2, 0.25) is 0 Å². The highest BCUT2D eigenvalue weighted by Crippen LogP contribution is 2.19. The van der Waals surface area contributed by atoms with E-state index in [0.29, 0.717) is 6.42 Å². The number of carbonyl (C=O) groups is 1. The number of nitrogens with one attached hydrogen (secondary N) is 1. The molecule has 13 heavy (non-hydrogen) atoms. The zero-order chi connectivity index (χ0) is 9.84. The van der Waals surface area contributed by atoms with E-state index in [0.717, 1.165) is 19.3 Å². The summed E-state index contributed by atoms with van der Waals surface area (Å²) < 4.78 is 0. The molecule has 1 saturated carbocycles. The van der Waals surface area contributed by atoms with Crippen LogP contribution in [0.15, 0.2) is 0 Å². The first kappa shape index (κ1) is 10.5. The summed E-state index contributed by atoms with van der Waals surface area (Å²) in [4.78, 5) is 11.2. The molecule has 4 heteroatoms. The van der Waals surface area contributed by atoms with Crippen molar-refractivity contribution >= 4 is 5.91 Å². The number of carbonyl (C=O) groups excluding carboxylic acids is 1. The molecule has 1 aliphatic carbocycles. The van der Waals surface area contributed by atoms with Gasteiger partial charge in [0.25, 0.3) is 5.91 Å². The highest BCUT2D eigenvalue weighted by Gasteiger charge is 2.29. The van der Waals surface area contributed by atoms with E-state index in [1.165, 1.54) is 0 Å². The largest absolute Gasteiger partial charge is 0.390 e. The maximum atomic E-state index is 11.2. The van der Waals surface area contributed by atoms with Gasteiger partial charge in [-0.05, 0) is 19.3 Å². The molecule has 3 N–H and O–H groups in total. The third-order valence-electron chi connectivity index (χ3n) is 2.14. The summed E-state index contributed by atoms with van der Waals surface area (Å²) >= 11 is 0. The van der Waals surface area contributed by atoms with Crippen molar-refractivity contribution in [2.45, 2.75) is 50.9 Å². The lowest BCUT2D eigenvalue weighted by Gasteiger charge is -2.16. The molecular formula is C9H17NO3. The van der Waals surface area contributed by atoms with E-state index in [1.54, 1.807) is 0 Å². The van der Waals surface area contributed by atoms with Crippen LogP contribution in [0.25, 0.3) is 0 Å². The van der Waals surface area contributed by atoms with Crippen LogP contribution in [0.1, 0.15) is 32.6 Å². The van der Waals surface area contributed by atoms with Crippen molar-refractivity contribution in [3.63, 3.8) is 0 Å². The first-order chi connectivity index (χ1) is 6.15. The van der Waals surface area contributed by atoms with Gasteiger partial charge in [-0.2, -0.15) is 0 Å². The Bertz CT molecular complexity index is 180. The Labute approximate surface area is 78.0 Å². The average Bonchev–Trinajstić information content (AvgIpc) is 2.87. The van der Waals surface area contributed by atoms with Gasteiger partial charge in [-0.15, -0.1) is 0 Å². The molecule has 0 saturated heterocycles. The van der Waals surface area contributed by atoms with E-state index >= 15 is 0 Å². The summed E-state index contributed by atoms with van der Waals surface area (Å²) in [7, 11) is 0. The molecule has 0 aromatic rings. The second kappa shape index (κ2) is 4.58. The lowest BCUT2D eigenvalue weighted by Crippen LogP contribution is -2.42. The molecule has 2 atom stereocenters. The zero-order valence-electron chi connectivity index (χ0n) is 7.86. The highest BCUT2D eigenvalue weighted by atomic mass is 16.3. The van der Waals surface area contributed by atoms with Gasteiger partial charge >= 0.3 is 0 Å². The van der Waals surface area contributed by atoms with E-state index in [-0.39, 0.29) is 6.04 Å². The Hall–Kier alpha value is -0.610. The van der Waals surface area contributed by atoms with E-state index < -0.39 is 18.1 Å². The van der Waals surface area contributed by atoms with Crippen molar-refractivity contribution in [2.24, 2.45) is 0 Å². The molecule has 0 aromatic carbocycles. The fourth-order valence-corrected chi connectivity index (χ4v) is 1.14. The molecule has 0 bridgehead atoms. The molecule has 0 radical (unpaired) electrons. The van der Waals surface area contributed by atoms with Crippen molar-refractivity contribution in [1.82, 2.24) is 5.32 Å². The minimum absolute atomic E-state index is 0.232. The van der Waals surface area contributed by atoms with Crippen LogP contribution in [-0.4, -0.2) is 34.4 Å². The first-order valence-electron chi connectivity index (χ1n) is 4.81. The van der Waals surface area contributed by atoms with Gasteiger partial charge in [-0.3, -0.25) is 4.79 Å². The summed E-state index contributed by atoms with van der Waals surface area (Å²) in [5.74, 6) is -0.441. The third kappa shape index (κ3) is 3.32. The molecule has 0 heterocycles. The molecule has 1 rings (SSSR count). The minimum atomic E-state index is -1.26. The second-order valence-corrected chi connectivity index (χ2v) is 3.58. The Morgan fingerprint density at radius 2 is 2.15 bits per heavy atom. The van der Waals surface area contributed by atoms with Crippen LogP contribution in [0.4, 0.5) is 0 Å². The minimum Gasteiger partial charge on any atom is -0.390 e. The van der Waals surface area contributed by atoms with Gasteiger partial charge in [0.15, 0.2) is 6.10 Å². The van der Waals surface area contributed by atoms with Crippen molar-refractivity contribution in [2.75, 3.05) is 0 Å². The van der Waals surface area contributed by atoms with E-state index in [2.05, 4.69) is 5.32 Å². The Balaban J connectivity index is 2.26. The molecule has 0 aromatic heterocycles. The average molecular weight is 187 g/mol. The first-order valence-corrected chi connectivity index (χ1v) is 4.81. The molecule has 76 valence electrons. The number of rotatable bonds is 5. The Kier molecular flexibility index (Phi) is 3.69. The van der Waals surface area contributed by atoms with Crippen LogP contribution in [-0.2, 0) is 4.79 Å². The summed E-state index contributed by atoms with van der Waals surface area (Å²) in [6.45, 7) is 1.90. The van der Waals surface area contributed by atoms with Gasteiger partial charge in [0, 0.05) is 6.04 Å². The van der Waals surface area contributed by atoms with E-state index in [1.807, 2.05) is 6.92 Å². The van der Waals surface area contributed by atoms with Crippen molar-refractivity contribution in [1.29, 1.82) is 0 Å². The van der Waals surface area contributed by atoms with Crippen LogP contribution in [0.5, 0.6) is 0 Å². The third-order valence-corrected chi connectivity index (χ3v) is 2.14. The quantitative estimate of drug-likeness (QED) is 0.557. The predicted octanol–water partition coefficient (Wildman–Crippen LogP) is -0.213. The molecule has 1 aliphatic rings. The fraction of sp³-hybridized carbons (Fsp3) is 0.889. The molecule has 1 fully saturated rings. The molecular weight excluding hydrogens is 170 g/mol. The molecule has 4 nitrogen and oxygen atoms in total. The Morgan fingerprint density at radius 3 is 2.62 bits per heavy atom. The van der Waals surface area contributed by atoms with Crippen molar-refractivity contribution in [3.8, 4) is 0 Å². The maximum Gasteiger partial charge on any atom is 0.251 e. The monoisotopic (exact) mass is 187 g/mol. The molecule has 1 amide bonds. The smallest absolute Gasteiger partial charge is 0.251 e. The molecule has 0 aliphatic heterocycles. The number of aliphatic hydroxyl groups excluding tert-OH is 2. The summed E-state index contributed by atoms with van der Waals surface area (Å²) in [5, 5.41) is 21.3. The maximum absolute atomic E-state index is 11.2. The van der Waals surface area contributed by atoms with Gasteiger partial charge in [0.1, 0.15) is 0 Å². The van der Waals surface area contributed by atoms with E-state index in [9.17, 15) is 15.0 Å². The predicted molar refractivity (Wildman–Crippen MR) is 48.1 cm³/mol. The second-order valence-electron chi connectivity index (χ2n) is 3.58. The molecule has 1 unspecified atom stereocenters. The van der Waals surface area contributed by atoms with Gasteiger partial charge in [-0.25, -0.2) is 0 Å². The Morgan fingerprint density at radius 1 is 1.54 bits per heavy atom. The number of hydrogen-bond acceptors (Lipinski definition) is 3. The van der Waals surface area contributed by atoms with Crippen LogP contribution in [0.3, 0.4) is 0 Å². The van der Waals surface area contributed by atoms with Crippen LogP contribution in [0, 0.1) is 0 Å². The van der Waals surface area contributed by atoms with Gasteiger partial charge in [0.2, 0.25) is 0 Å². The van der Waals surface area contributed by atoms with E-state index in [4.69, 9.17) is 0 Å². The van der Waals surface area contributed by atoms with Crippen LogP contribution >= 0.6 is 0 Å². The number of aliphatic hydroxyl groups is 2. The van der Waals surface area contributed by atoms with Crippen molar-refractivity contribution < 1.29 is 15.0 Å². The SMILES string of the molecule is CCC[C@H](O)C(O)C(=O)NC1CC1. The van der Waals surface area contributed by atoms with Gasteiger partial charge in [0.05, 0.1) is 6.10 Å². The van der Waals surface area contributed by atoms with Gasteiger partial charge in [-0.1, -0.05) is 13.3 Å². The standard InChI is InChI=1S/C9H17NO3/c1-2-3-7(11)8(12)9(13)10-6-4-5-6/h6-8,11-12H,2-5H2,1H3,(H,10,13)/t7-,8?/m0/s1. The number of amides is 1.